The van der Waals surface area contributed by atoms with Crippen molar-refractivity contribution in [3.8, 4) is 0 Å². The van der Waals surface area contributed by atoms with Crippen molar-refractivity contribution in [3.63, 3.8) is 0 Å². The summed E-state index contributed by atoms with van der Waals surface area (Å²) in [4.78, 5) is 13.4. The molecule has 0 aromatic carbocycles. The van der Waals surface area contributed by atoms with E-state index >= 15 is 0 Å². The predicted octanol–water partition coefficient (Wildman–Crippen LogP) is -0.157. The Balaban J connectivity index is 2.27. The zero-order valence-corrected chi connectivity index (χ0v) is 8.38. The Morgan fingerprint density at radius 2 is 2.46 bits per heavy atom. The second kappa shape index (κ2) is 5.19. The minimum atomic E-state index is -0.0321. The molecule has 13 heavy (non-hydrogen) atoms. The van der Waals surface area contributed by atoms with E-state index in [9.17, 15) is 4.79 Å². The molecule has 1 atom stereocenters. The van der Waals surface area contributed by atoms with Crippen LogP contribution in [0.15, 0.2) is 0 Å². The van der Waals surface area contributed by atoms with Gasteiger partial charge in [0.2, 0.25) is 5.91 Å². The van der Waals surface area contributed by atoms with E-state index in [2.05, 4.69) is 5.32 Å². The third kappa shape index (κ3) is 2.97. The van der Waals surface area contributed by atoms with Gasteiger partial charge in [0.25, 0.3) is 0 Å². The standard InChI is InChI=1S/C9H18N2O2/c1-3-13-7-6-11-5-4-10-8(2)9(11)12/h8,10H,3-7H2,1-2H3. The van der Waals surface area contributed by atoms with E-state index in [1.165, 1.54) is 0 Å². The average Bonchev–Trinajstić information content (AvgIpc) is 2.13. The van der Waals surface area contributed by atoms with Gasteiger partial charge in [0, 0.05) is 26.2 Å². The summed E-state index contributed by atoms with van der Waals surface area (Å²) in [6.07, 6.45) is 0. The Bertz CT molecular complexity index is 173. The lowest BCUT2D eigenvalue weighted by Gasteiger charge is -2.31. The van der Waals surface area contributed by atoms with Gasteiger partial charge in [0.1, 0.15) is 0 Å². The fraction of sp³-hybridized carbons (Fsp3) is 0.889. The highest BCUT2D eigenvalue weighted by atomic mass is 16.5. The van der Waals surface area contributed by atoms with Gasteiger partial charge in [-0.05, 0) is 13.8 Å². The average molecular weight is 186 g/mol. The summed E-state index contributed by atoms with van der Waals surface area (Å²) >= 11 is 0. The molecule has 0 saturated carbocycles. The van der Waals surface area contributed by atoms with Gasteiger partial charge in [-0.3, -0.25) is 4.79 Å². The number of nitrogens with zero attached hydrogens (tertiary/aromatic N) is 1. The Hall–Kier alpha value is -0.610. The lowest BCUT2D eigenvalue weighted by Crippen LogP contribution is -2.54. The molecule has 0 spiro atoms. The first-order chi connectivity index (χ1) is 6.25. The van der Waals surface area contributed by atoms with Crippen molar-refractivity contribution >= 4 is 5.91 Å². The lowest BCUT2D eigenvalue weighted by atomic mass is 10.2. The van der Waals surface area contributed by atoms with Gasteiger partial charge in [-0.15, -0.1) is 0 Å². The van der Waals surface area contributed by atoms with Crippen LogP contribution in [-0.2, 0) is 9.53 Å². The molecule has 76 valence electrons. The van der Waals surface area contributed by atoms with Crippen LogP contribution in [0.2, 0.25) is 0 Å². The summed E-state index contributed by atoms with van der Waals surface area (Å²) in [6.45, 7) is 7.64. The molecule has 1 amide bonds. The van der Waals surface area contributed by atoms with E-state index in [1.54, 1.807) is 0 Å². The molecule has 1 fully saturated rings. The summed E-state index contributed by atoms with van der Waals surface area (Å²) in [5.41, 5.74) is 0. The molecule has 0 aromatic heterocycles. The molecule has 0 aromatic rings. The molecule has 0 radical (unpaired) electrons. The fourth-order valence-corrected chi connectivity index (χ4v) is 1.43. The van der Waals surface area contributed by atoms with Gasteiger partial charge in [0.15, 0.2) is 0 Å². The van der Waals surface area contributed by atoms with Crippen molar-refractivity contribution in [1.29, 1.82) is 0 Å². The highest BCUT2D eigenvalue weighted by Crippen LogP contribution is 2.00. The zero-order valence-electron chi connectivity index (χ0n) is 8.38. The molecule has 0 aliphatic carbocycles. The summed E-state index contributed by atoms with van der Waals surface area (Å²) in [5, 5.41) is 3.12. The quantitative estimate of drug-likeness (QED) is 0.620. The molecular formula is C9H18N2O2. The minimum Gasteiger partial charge on any atom is -0.380 e. The number of hydrogen-bond donors (Lipinski definition) is 1. The van der Waals surface area contributed by atoms with Crippen molar-refractivity contribution in [2.45, 2.75) is 19.9 Å². The Morgan fingerprint density at radius 3 is 3.15 bits per heavy atom. The van der Waals surface area contributed by atoms with Crippen LogP contribution in [0.1, 0.15) is 13.8 Å². The number of piperazine rings is 1. The number of hydrogen-bond acceptors (Lipinski definition) is 3. The van der Waals surface area contributed by atoms with Crippen LogP contribution in [-0.4, -0.2) is 49.7 Å². The summed E-state index contributed by atoms with van der Waals surface area (Å²) in [6, 6.07) is -0.0321. The minimum absolute atomic E-state index is 0.0321. The van der Waals surface area contributed by atoms with E-state index in [0.29, 0.717) is 6.61 Å². The van der Waals surface area contributed by atoms with E-state index in [1.807, 2.05) is 18.7 Å². The highest BCUT2D eigenvalue weighted by Gasteiger charge is 2.23. The van der Waals surface area contributed by atoms with Crippen molar-refractivity contribution in [1.82, 2.24) is 10.2 Å². The maximum atomic E-state index is 11.5. The van der Waals surface area contributed by atoms with Crippen molar-refractivity contribution in [3.05, 3.63) is 0 Å². The maximum absolute atomic E-state index is 11.5. The normalized spacial score (nSPS) is 23.7. The van der Waals surface area contributed by atoms with E-state index in [4.69, 9.17) is 4.74 Å². The number of rotatable bonds is 4. The number of carbonyl (C=O) groups excluding carboxylic acids is 1. The Morgan fingerprint density at radius 1 is 1.69 bits per heavy atom. The molecule has 1 rings (SSSR count). The van der Waals surface area contributed by atoms with Gasteiger partial charge in [-0.25, -0.2) is 0 Å². The van der Waals surface area contributed by atoms with E-state index < -0.39 is 0 Å². The molecule has 4 nitrogen and oxygen atoms in total. The fourth-order valence-electron chi connectivity index (χ4n) is 1.43. The molecule has 0 bridgehead atoms. The molecule has 1 unspecified atom stereocenters. The number of amides is 1. The van der Waals surface area contributed by atoms with Crippen LogP contribution in [0.25, 0.3) is 0 Å². The molecule has 1 aliphatic heterocycles. The summed E-state index contributed by atoms with van der Waals surface area (Å²) in [5.74, 6) is 0.186. The van der Waals surface area contributed by atoms with Crippen LogP contribution in [0.3, 0.4) is 0 Å². The Kier molecular flexibility index (Phi) is 4.18. The first-order valence-corrected chi connectivity index (χ1v) is 4.85. The van der Waals surface area contributed by atoms with Crippen molar-refractivity contribution in [2.75, 3.05) is 32.8 Å². The zero-order chi connectivity index (χ0) is 9.68. The van der Waals surface area contributed by atoms with Crippen molar-refractivity contribution in [2.24, 2.45) is 0 Å². The SMILES string of the molecule is CCOCCN1CCNC(C)C1=O. The smallest absolute Gasteiger partial charge is 0.239 e. The van der Waals surface area contributed by atoms with Crippen LogP contribution in [0.5, 0.6) is 0 Å². The van der Waals surface area contributed by atoms with Crippen molar-refractivity contribution < 1.29 is 9.53 Å². The topological polar surface area (TPSA) is 41.6 Å². The maximum Gasteiger partial charge on any atom is 0.239 e. The monoisotopic (exact) mass is 186 g/mol. The molecular weight excluding hydrogens is 168 g/mol. The second-order valence-electron chi connectivity index (χ2n) is 3.20. The number of carbonyl (C=O) groups is 1. The molecule has 1 heterocycles. The number of ether oxygens (including phenoxy) is 1. The lowest BCUT2D eigenvalue weighted by molar-refractivity contribution is -0.135. The van der Waals surface area contributed by atoms with Gasteiger partial charge in [-0.1, -0.05) is 0 Å². The van der Waals surface area contributed by atoms with Gasteiger partial charge in [0.05, 0.1) is 12.6 Å². The van der Waals surface area contributed by atoms with Gasteiger partial charge < -0.3 is 15.0 Å². The number of nitrogens with one attached hydrogen (secondary N) is 1. The summed E-state index contributed by atoms with van der Waals surface area (Å²) < 4.78 is 5.21. The molecule has 1 aliphatic rings. The molecule has 1 saturated heterocycles. The predicted molar refractivity (Wildman–Crippen MR) is 50.5 cm³/mol. The van der Waals surface area contributed by atoms with E-state index in [0.717, 1.165) is 26.2 Å². The third-order valence-corrected chi connectivity index (χ3v) is 2.22. The molecule has 1 N–H and O–H groups in total. The Labute approximate surface area is 79.2 Å². The van der Waals surface area contributed by atoms with Crippen LogP contribution in [0, 0.1) is 0 Å². The summed E-state index contributed by atoms with van der Waals surface area (Å²) in [7, 11) is 0. The van der Waals surface area contributed by atoms with Crippen LogP contribution >= 0.6 is 0 Å². The van der Waals surface area contributed by atoms with E-state index in [-0.39, 0.29) is 11.9 Å². The van der Waals surface area contributed by atoms with Crippen LogP contribution < -0.4 is 5.32 Å². The first-order valence-electron chi connectivity index (χ1n) is 4.85. The highest BCUT2D eigenvalue weighted by molar-refractivity contribution is 5.82. The van der Waals surface area contributed by atoms with Gasteiger partial charge >= 0.3 is 0 Å². The largest absolute Gasteiger partial charge is 0.380 e. The third-order valence-electron chi connectivity index (χ3n) is 2.22. The first kappa shape index (κ1) is 10.5. The second-order valence-corrected chi connectivity index (χ2v) is 3.20. The molecule has 4 heteroatoms. The van der Waals surface area contributed by atoms with Crippen LogP contribution in [0.4, 0.5) is 0 Å². The van der Waals surface area contributed by atoms with Gasteiger partial charge in [-0.2, -0.15) is 0 Å².